The van der Waals surface area contributed by atoms with E-state index in [-0.39, 0.29) is 0 Å². The highest BCUT2D eigenvalue weighted by Crippen LogP contribution is 2.24. The van der Waals surface area contributed by atoms with Crippen LogP contribution in [0, 0.1) is 0 Å². The highest BCUT2D eigenvalue weighted by Gasteiger charge is 2.13. The predicted octanol–water partition coefficient (Wildman–Crippen LogP) is 2.06. The van der Waals surface area contributed by atoms with E-state index >= 15 is 0 Å². The average molecular weight is 259 g/mol. The summed E-state index contributed by atoms with van der Waals surface area (Å²) in [5, 5.41) is 0. The van der Waals surface area contributed by atoms with Crippen molar-refractivity contribution in [3.05, 3.63) is 10.7 Å². The third-order valence-electron chi connectivity index (χ3n) is 2.33. The second kappa shape index (κ2) is 4.59. The number of anilines is 2. The topological polar surface area (TPSA) is 55.0 Å². The molecule has 78 valence electrons. The van der Waals surface area contributed by atoms with Crippen LogP contribution in [0.25, 0.3) is 0 Å². The minimum atomic E-state index is 0.304. The summed E-state index contributed by atoms with van der Waals surface area (Å²) in [6, 6.07) is 0.431. The van der Waals surface area contributed by atoms with Gasteiger partial charge in [-0.15, -0.1) is 0 Å². The van der Waals surface area contributed by atoms with Crippen molar-refractivity contribution in [1.29, 1.82) is 0 Å². The second-order valence-electron chi connectivity index (χ2n) is 3.27. The highest BCUT2D eigenvalue weighted by atomic mass is 79.9. The molecule has 2 N–H and O–H groups in total. The van der Waals surface area contributed by atoms with Gasteiger partial charge < -0.3 is 10.6 Å². The Kier molecular flexibility index (Phi) is 3.69. The number of hydrogen-bond donors (Lipinski definition) is 1. The molecule has 0 bridgehead atoms. The molecular formula is C9H15BrN4. The monoisotopic (exact) mass is 258 g/mol. The van der Waals surface area contributed by atoms with Crippen LogP contribution in [0.5, 0.6) is 0 Å². The van der Waals surface area contributed by atoms with E-state index in [9.17, 15) is 0 Å². The number of aromatic nitrogens is 2. The van der Waals surface area contributed by atoms with E-state index in [0.29, 0.717) is 12.0 Å². The van der Waals surface area contributed by atoms with Gasteiger partial charge in [0.1, 0.15) is 5.82 Å². The van der Waals surface area contributed by atoms with Crippen LogP contribution in [0.15, 0.2) is 10.7 Å². The zero-order valence-corrected chi connectivity index (χ0v) is 10.2. The Bertz CT molecular complexity index is 316. The van der Waals surface area contributed by atoms with Gasteiger partial charge in [0.2, 0.25) is 5.95 Å². The van der Waals surface area contributed by atoms with Gasteiger partial charge in [0, 0.05) is 19.3 Å². The fraction of sp³-hybridized carbons (Fsp3) is 0.556. The zero-order valence-electron chi connectivity index (χ0n) is 8.66. The van der Waals surface area contributed by atoms with Gasteiger partial charge in [-0.05, 0) is 29.3 Å². The first-order valence-electron chi connectivity index (χ1n) is 4.57. The highest BCUT2D eigenvalue weighted by molar-refractivity contribution is 9.10. The fourth-order valence-corrected chi connectivity index (χ4v) is 1.57. The summed E-state index contributed by atoms with van der Waals surface area (Å²) in [6.45, 7) is 4.28. The molecule has 5 heteroatoms. The Morgan fingerprint density at radius 3 is 2.86 bits per heavy atom. The molecule has 0 amide bonds. The normalized spacial score (nSPS) is 12.6. The molecule has 0 fully saturated rings. The SMILES string of the molecule is CCC(C)N(C)c1nc(N)ncc1Br. The Labute approximate surface area is 92.7 Å². The molecule has 0 aliphatic heterocycles. The van der Waals surface area contributed by atoms with Crippen LogP contribution < -0.4 is 10.6 Å². The molecule has 0 aliphatic rings. The molecule has 14 heavy (non-hydrogen) atoms. The Morgan fingerprint density at radius 2 is 2.29 bits per heavy atom. The lowest BCUT2D eigenvalue weighted by Gasteiger charge is -2.25. The average Bonchev–Trinajstić information content (AvgIpc) is 2.19. The van der Waals surface area contributed by atoms with Crippen LogP contribution in [0.1, 0.15) is 20.3 Å². The van der Waals surface area contributed by atoms with Crippen LogP contribution in [0.3, 0.4) is 0 Å². The molecule has 0 saturated carbocycles. The first kappa shape index (κ1) is 11.2. The number of halogens is 1. The van der Waals surface area contributed by atoms with Crippen molar-refractivity contribution < 1.29 is 0 Å². The second-order valence-corrected chi connectivity index (χ2v) is 4.12. The van der Waals surface area contributed by atoms with E-state index in [1.54, 1.807) is 6.20 Å². The van der Waals surface area contributed by atoms with Crippen LogP contribution in [-0.2, 0) is 0 Å². The van der Waals surface area contributed by atoms with Crippen molar-refractivity contribution in [1.82, 2.24) is 9.97 Å². The van der Waals surface area contributed by atoms with Crippen molar-refractivity contribution >= 4 is 27.7 Å². The first-order valence-corrected chi connectivity index (χ1v) is 5.36. The molecule has 0 aromatic carbocycles. The molecule has 0 radical (unpaired) electrons. The molecule has 1 atom stereocenters. The van der Waals surface area contributed by atoms with E-state index in [2.05, 4.69) is 44.6 Å². The van der Waals surface area contributed by atoms with Gasteiger partial charge >= 0.3 is 0 Å². The van der Waals surface area contributed by atoms with E-state index in [1.807, 2.05) is 7.05 Å². The van der Waals surface area contributed by atoms with Crippen molar-refractivity contribution in [2.45, 2.75) is 26.3 Å². The van der Waals surface area contributed by atoms with Gasteiger partial charge in [-0.25, -0.2) is 4.98 Å². The predicted molar refractivity (Wildman–Crippen MR) is 62.3 cm³/mol. The van der Waals surface area contributed by atoms with Crippen LogP contribution in [0.2, 0.25) is 0 Å². The van der Waals surface area contributed by atoms with Gasteiger partial charge in [-0.2, -0.15) is 4.98 Å². The van der Waals surface area contributed by atoms with Crippen molar-refractivity contribution in [3.8, 4) is 0 Å². The summed E-state index contributed by atoms with van der Waals surface area (Å²) in [5.41, 5.74) is 5.54. The number of hydrogen-bond acceptors (Lipinski definition) is 4. The molecule has 1 rings (SSSR count). The van der Waals surface area contributed by atoms with Gasteiger partial charge in [0.15, 0.2) is 0 Å². The molecule has 1 heterocycles. The summed E-state index contributed by atoms with van der Waals surface area (Å²) < 4.78 is 0.870. The number of nitrogens with zero attached hydrogens (tertiary/aromatic N) is 3. The van der Waals surface area contributed by atoms with Crippen LogP contribution in [0.4, 0.5) is 11.8 Å². The Balaban J connectivity index is 2.99. The molecule has 0 saturated heterocycles. The number of nitrogens with two attached hydrogens (primary N) is 1. The summed E-state index contributed by atoms with van der Waals surface area (Å²) in [4.78, 5) is 10.2. The third-order valence-corrected chi connectivity index (χ3v) is 2.89. The molecule has 1 aromatic heterocycles. The summed E-state index contributed by atoms with van der Waals surface area (Å²) in [5.74, 6) is 1.14. The molecule has 0 aliphatic carbocycles. The van der Waals surface area contributed by atoms with Crippen molar-refractivity contribution in [2.75, 3.05) is 17.7 Å². The lowest BCUT2D eigenvalue weighted by Crippen LogP contribution is -2.29. The van der Waals surface area contributed by atoms with E-state index in [1.165, 1.54) is 0 Å². The molecule has 1 aromatic rings. The molecule has 1 unspecified atom stereocenters. The molecular weight excluding hydrogens is 244 g/mol. The summed E-state index contributed by atoms with van der Waals surface area (Å²) in [7, 11) is 2.00. The summed E-state index contributed by atoms with van der Waals surface area (Å²) >= 11 is 3.41. The van der Waals surface area contributed by atoms with Crippen molar-refractivity contribution in [2.24, 2.45) is 0 Å². The van der Waals surface area contributed by atoms with Crippen LogP contribution in [-0.4, -0.2) is 23.1 Å². The lowest BCUT2D eigenvalue weighted by atomic mass is 10.2. The Morgan fingerprint density at radius 1 is 1.64 bits per heavy atom. The van der Waals surface area contributed by atoms with Gasteiger partial charge in [0.05, 0.1) is 4.47 Å². The summed E-state index contributed by atoms with van der Waals surface area (Å²) in [6.07, 6.45) is 2.74. The maximum atomic E-state index is 5.54. The Hall–Kier alpha value is -0.840. The van der Waals surface area contributed by atoms with Gasteiger partial charge in [-0.1, -0.05) is 6.92 Å². The smallest absolute Gasteiger partial charge is 0.222 e. The van der Waals surface area contributed by atoms with Crippen LogP contribution >= 0.6 is 15.9 Å². The maximum Gasteiger partial charge on any atom is 0.222 e. The van der Waals surface area contributed by atoms with Gasteiger partial charge in [0.25, 0.3) is 0 Å². The lowest BCUT2D eigenvalue weighted by molar-refractivity contribution is 0.655. The first-order chi connectivity index (χ1) is 6.56. The van der Waals surface area contributed by atoms with E-state index in [4.69, 9.17) is 5.73 Å². The largest absolute Gasteiger partial charge is 0.368 e. The van der Waals surface area contributed by atoms with E-state index < -0.39 is 0 Å². The standard InChI is InChI=1S/C9H15BrN4/c1-4-6(2)14(3)8-7(10)5-12-9(11)13-8/h5-6H,4H2,1-3H3,(H2,11,12,13). The molecule has 0 spiro atoms. The number of nitrogen functional groups attached to an aromatic ring is 1. The zero-order chi connectivity index (χ0) is 10.7. The minimum absolute atomic E-state index is 0.304. The number of rotatable bonds is 3. The maximum absolute atomic E-state index is 5.54. The van der Waals surface area contributed by atoms with E-state index in [0.717, 1.165) is 16.7 Å². The fourth-order valence-electron chi connectivity index (χ4n) is 1.10. The minimum Gasteiger partial charge on any atom is -0.368 e. The van der Waals surface area contributed by atoms with Crippen molar-refractivity contribution in [3.63, 3.8) is 0 Å². The third kappa shape index (κ3) is 2.35. The van der Waals surface area contributed by atoms with Gasteiger partial charge in [-0.3, -0.25) is 0 Å². The quantitative estimate of drug-likeness (QED) is 0.902. The molecule has 4 nitrogen and oxygen atoms in total.